The summed E-state index contributed by atoms with van der Waals surface area (Å²) in [4.78, 5) is 40.0. The van der Waals surface area contributed by atoms with Gasteiger partial charge in [-0.05, 0) is 70.0 Å². The summed E-state index contributed by atoms with van der Waals surface area (Å²) < 4.78 is 30.2. The fourth-order valence-corrected chi connectivity index (χ4v) is 4.07. The third-order valence-electron chi connectivity index (χ3n) is 5.58. The van der Waals surface area contributed by atoms with Crippen LogP contribution in [-0.2, 0) is 14.3 Å². The molecule has 1 aromatic heterocycles. The highest BCUT2D eigenvalue weighted by Crippen LogP contribution is 2.34. The first kappa shape index (κ1) is 28.3. The van der Waals surface area contributed by atoms with Gasteiger partial charge in [-0.2, -0.15) is 0 Å². The van der Waals surface area contributed by atoms with Crippen LogP contribution in [0.5, 0.6) is 5.75 Å². The van der Waals surface area contributed by atoms with Gasteiger partial charge in [-0.1, -0.05) is 23.2 Å². The quantitative estimate of drug-likeness (QED) is 0.415. The van der Waals surface area contributed by atoms with Crippen molar-refractivity contribution >= 4 is 41.1 Å². The van der Waals surface area contributed by atoms with Gasteiger partial charge in [0.1, 0.15) is 29.3 Å². The molecule has 2 heterocycles. The molecule has 2 atom stereocenters. The second kappa shape index (κ2) is 11.6. The Bertz CT molecular complexity index is 1380. The van der Waals surface area contributed by atoms with Gasteiger partial charge >= 0.3 is 6.09 Å². The van der Waals surface area contributed by atoms with E-state index in [1.807, 2.05) is 0 Å². The average Bonchev–Trinajstić information content (AvgIpc) is 3.35. The number of hydrogen-bond acceptors (Lipinski definition) is 8. The summed E-state index contributed by atoms with van der Waals surface area (Å²) in [5, 5.41) is 11.1. The minimum atomic E-state index is -1.05. The molecule has 1 aliphatic heterocycles. The lowest BCUT2D eigenvalue weighted by atomic mass is 9.97. The molecule has 3 aromatic rings. The van der Waals surface area contributed by atoms with Crippen LogP contribution in [0.2, 0.25) is 10.0 Å². The Balaban J connectivity index is 1.49. The van der Waals surface area contributed by atoms with Gasteiger partial charge in [-0.3, -0.25) is 9.59 Å². The molecule has 1 saturated heterocycles. The zero-order valence-corrected chi connectivity index (χ0v) is 22.8. The molecule has 0 aliphatic carbocycles. The molecule has 39 heavy (non-hydrogen) atoms. The molecule has 0 saturated carbocycles. The predicted molar refractivity (Wildman–Crippen MR) is 139 cm³/mol. The monoisotopic (exact) mass is 578 g/mol. The van der Waals surface area contributed by atoms with Gasteiger partial charge in [-0.15, -0.1) is 10.2 Å². The largest absolute Gasteiger partial charge is 0.484 e. The number of piperidine rings is 1. The van der Waals surface area contributed by atoms with Crippen molar-refractivity contribution < 1.29 is 32.7 Å². The molecule has 0 unspecified atom stereocenters. The molecule has 1 N–H and O–H groups in total. The summed E-state index contributed by atoms with van der Waals surface area (Å²) in [6, 6.07) is 8.50. The molecule has 3 amide bonds. The van der Waals surface area contributed by atoms with Crippen molar-refractivity contribution in [3.63, 3.8) is 0 Å². The van der Waals surface area contributed by atoms with Crippen molar-refractivity contribution in [3.05, 3.63) is 64.2 Å². The second-order valence-electron chi connectivity index (χ2n) is 9.72. The Kier molecular flexibility index (Phi) is 8.41. The highest BCUT2D eigenvalue weighted by Gasteiger charge is 2.44. The van der Waals surface area contributed by atoms with Crippen LogP contribution in [0, 0.1) is 5.82 Å². The van der Waals surface area contributed by atoms with Crippen molar-refractivity contribution in [1.29, 1.82) is 0 Å². The number of carbonyl (C=O) groups is 3. The van der Waals surface area contributed by atoms with E-state index in [1.165, 1.54) is 12.1 Å². The number of ether oxygens (including phenoxy) is 2. The van der Waals surface area contributed by atoms with Crippen LogP contribution in [0.3, 0.4) is 0 Å². The van der Waals surface area contributed by atoms with Gasteiger partial charge < -0.3 is 19.2 Å². The SMILES string of the molecule is CC(C)(C)OC(=O)N1C(=O)[C@@H](NC(=O)COc2ccc(Cl)c(F)c2)CC[C@@H]1c1nnc(-c2ccc(Cl)cc2)o1. The maximum atomic E-state index is 13.6. The van der Waals surface area contributed by atoms with E-state index in [0.29, 0.717) is 10.6 Å². The molecule has 0 radical (unpaired) electrons. The van der Waals surface area contributed by atoms with E-state index >= 15 is 0 Å². The maximum Gasteiger partial charge on any atom is 0.417 e. The number of nitrogens with zero attached hydrogens (tertiary/aromatic N) is 3. The van der Waals surface area contributed by atoms with Crippen LogP contribution in [0.25, 0.3) is 11.5 Å². The number of hydrogen-bond donors (Lipinski definition) is 1. The first-order valence-electron chi connectivity index (χ1n) is 11.9. The smallest absolute Gasteiger partial charge is 0.417 e. The van der Waals surface area contributed by atoms with Gasteiger partial charge in [0.05, 0.1) is 5.02 Å². The van der Waals surface area contributed by atoms with E-state index in [4.69, 9.17) is 37.1 Å². The Morgan fingerprint density at radius 2 is 1.85 bits per heavy atom. The molecule has 10 nitrogen and oxygen atoms in total. The third kappa shape index (κ3) is 7.04. The van der Waals surface area contributed by atoms with E-state index < -0.39 is 48.0 Å². The average molecular weight is 579 g/mol. The minimum absolute atomic E-state index is 0.0389. The molecule has 0 bridgehead atoms. The van der Waals surface area contributed by atoms with Gasteiger partial charge in [0, 0.05) is 16.7 Å². The normalized spacial score (nSPS) is 17.6. The zero-order valence-electron chi connectivity index (χ0n) is 21.2. The second-order valence-corrected chi connectivity index (χ2v) is 10.6. The number of nitrogens with one attached hydrogen (secondary N) is 1. The summed E-state index contributed by atoms with van der Waals surface area (Å²) in [7, 11) is 0. The lowest BCUT2D eigenvalue weighted by Gasteiger charge is -2.36. The van der Waals surface area contributed by atoms with E-state index in [1.54, 1.807) is 45.0 Å². The lowest BCUT2D eigenvalue weighted by Crippen LogP contribution is -2.56. The number of likely N-dealkylation sites (tertiary alicyclic amines) is 1. The molecule has 2 aromatic carbocycles. The standard InChI is InChI=1S/C26H25Cl2FN4O6/c1-26(2,3)39-25(36)33-20(23-32-31-22(38-23)14-4-6-15(27)7-5-14)11-10-19(24(33)35)30-21(34)13-37-16-8-9-17(28)18(29)12-16/h4-9,12,19-20H,10-11,13H2,1-3H3,(H,30,34)/t19-,20+/m0/s1. The van der Waals surface area contributed by atoms with E-state index in [-0.39, 0.29) is 35.4 Å². The Morgan fingerprint density at radius 1 is 1.13 bits per heavy atom. The van der Waals surface area contributed by atoms with Crippen molar-refractivity contribution in [3.8, 4) is 17.2 Å². The molecular formula is C26H25Cl2FN4O6. The van der Waals surface area contributed by atoms with Crippen LogP contribution in [0.4, 0.5) is 9.18 Å². The lowest BCUT2D eigenvalue weighted by molar-refractivity contribution is -0.141. The summed E-state index contributed by atoms with van der Waals surface area (Å²) in [6.45, 7) is 4.50. The predicted octanol–water partition coefficient (Wildman–Crippen LogP) is 5.34. The molecule has 1 fully saturated rings. The van der Waals surface area contributed by atoms with Crippen LogP contribution in [-0.4, -0.2) is 51.3 Å². The summed E-state index contributed by atoms with van der Waals surface area (Å²) in [6.07, 6.45) is -0.542. The molecule has 0 spiro atoms. The van der Waals surface area contributed by atoms with Crippen molar-refractivity contribution in [2.45, 2.75) is 51.3 Å². The maximum absolute atomic E-state index is 13.6. The van der Waals surface area contributed by atoms with Crippen LogP contribution >= 0.6 is 23.2 Å². The fourth-order valence-electron chi connectivity index (χ4n) is 3.82. The van der Waals surface area contributed by atoms with Crippen molar-refractivity contribution in [2.24, 2.45) is 0 Å². The van der Waals surface area contributed by atoms with Gasteiger partial charge in [0.15, 0.2) is 6.61 Å². The van der Waals surface area contributed by atoms with E-state index in [9.17, 15) is 18.8 Å². The van der Waals surface area contributed by atoms with Gasteiger partial charge in [0.2, 0.25) is 11.8 Å². The minimum Gasteiger partial charge on any atom is -0.484 e. The summed E-state index contributed by atoms with van der Waals surface area (Å²) in [5.41, 5.74) is -0.293. The van der Waals surface area contributed by atoms with Crippen molar-refractivity contribution in [2.75, 3.05) is 6.61 Å². The highest BCUT2D eigenvalue weighted by molar-refractivity contribution is 6.31. The first-order valence-corrected chi connectivity index (χ1v) is 12.7. The van der Waals surface area contributed by atoms with Crippen LogP contribution in [0.1, 0.15) is 45.5 Å². The van der Waals surface area contributed by atoms with Crippen LogP contribution in [0.15, 0.2) is 46.9 Å². The van der Waals surface area contributed by atoms with Gasteiger partial charge in [0.25, 0.3) is 11.8 Å². The number of benzene rings is 2. The number of rotatable bonds is 6. The zero-order chi connectivity index (χ0) is 28.3. The molecular weight excluding hydrogens is 554 g/mol. The number of amides is 3. The molecule has 1 aliphatic rings. The third-order valence-corrected chi connectivity index (χ3v) is 6.14. The van der Waals surface area contributed by atoms with Gasteiger partial charge in [-0.25, -0.2) is 14.1 Å². The number of halogens is 3. The van der Waals surface area contributed by atoms with E-state index in [2.05, 4.69) is 15.5 Å². The molecule has 4 rings (SSSR count). The number of carbonyl (C=O) groups excluding carboxylic acids is 3. The van der Waals surface area contributed by atoms with Crippen LogP contribution < -0.4 is 10.1 Å². The summed E-state index contributed by atoms with van der Waals surface area (Å²) >= 11 is 11.6. The Hall–Kier alpha value is -3.70. The Labute approximate surface area is 233 Å². The molecule has 13 heteroatoms. The topological polar surface area (TPSA) is 124 Å². The fraction of sp³-hybridized carbons (Fsp3) is 0.346. The summed E-state index contributed by atoms with van der Waals surface area (Å²) in [5.74, 6) is -1.74. The van der Waals surface area contributed by atoms with E-state index in [0.717, 1.165) is 11.0 Å². The van der Waals surface area contributed by atoms with Crippen molar-refractivity contribution in [1.82, 2.24) is 20.4 Å². The molecule has 206 valence electrons. The number of aromatic nitrogens is 2. The Morgan fingerprint density at radius 3 is 2.51 bits per heavy atom. The number of imide groups is 1. The highest BCUT2D eigenvalue weighted by atomic mass is 35.5. The first-order chi connectivity index (χ1) is 18.4.